The lowest BCUT2D eigenvalue weighted by molar-refractivity contribution is -0.132. The lowest BCUT2D eigenvalue weighted by Crippen LogP contribution is -2.44. The average Bonchev–Trinajstić information content (AvgIpc) is 2.54. The van der Waals surface area contributed by atoms with Crippen LogP contribution in [0.3, 0.4) is 0 Å². The summed E-state index contributed by atoms with van der Waals surface area (Å²) in [5.74, 6) is 1.14. The molecule has 0 aromatic heterocycles. The van der Waals surface area contributed by atoms with Gasteiger partial charge < -0.3 is 15.0 Å². The van der Waals surface area contributed by atoms with E-state index in [1.165, 1.54) is 5.56 Å². The van der Waals surface area contributed by atoms with Gasteiger partial charge in [0.2, 0.25) is 5.91 Å². The molecule has 1 aliphatic heterocycles. The van der Waals surface area contributed by atoms with Gasteiger partial charge in [0.1, 0.15) is 5.75 Å². The van der Waals surface area contributed by atoms with Crippen LogP contribution in [0.1, 0.15) is 31.7 Å². The molecule has 1 N–H and O–H groups in total. The van der Waals surface area contributed by atoms with Crippen LogP contribution in [0, 0.1) is 0 Å². The van der Waals surface area contributed by atoms with Crippen molar-refractivity contribution >= 4 is 5.91 Å². The van der Waals surface area contributed by atoms with Crippen LogP contribution < -0.4 is 10.1 Å². The third kappa shape index (κ3) is 4.74. The van der Waals surface area contributed by atoms with Crippen molar-refractivity contribution in [2.75, 3.05) is 26.7 Å². The zero-order chi connectivity index (χ0) is 15.1. The van der Waals surface area contributed by atoms with E-state index in [9.17, 15) is 4.79 Å². The van der Waals surface area contributed by atoms with Crippen molar-refractivity contribution in [3.8, 4) is 5.75 Å². The molecule has 0 spiro atoms. The topological polar surface area (TPSA) is 41.6 Å². The Morgan fingerprint density at radius 3 is 2.52 bits per heavy atom. The second kappa shape index (κ2) is 8.03. The molecule has 116 valence electrons. The zero-order valence-electron chi connectivity index (χ0n) is 13.1. The largest absolute Gasteiger partial charge is 0.497 e. The minimum Gasteiger partial charge on any atom is -0.497 e. The minimum atomic E-state index is 0.278. The molecule has 1 aliphatic rings. The van der Waals surface area contributed by atoms with E-state index in [4.69, 9.17) is 4.74 Å². The van der Waals surface area contributed by atoms with Gasteiger partial charge in [0.25, 0.3) is 0 Å². The Morgan fingerprint density at radius 2 is 1.95 bits per heavy atom. The predicted octanol–water partition coefficient (Wildman–Crippen LogP) is 2.23. The number of hydrogen-bond acceptors (Lipinski definition) is 3. The molecule has 4 heteroatoms. The third-order valence-corrected chi connectivity index (χ3v) is 4.13. The second-order valence-corrected chi connectivity index (χ2v) is 5.56. The number of piperidine rings is 1. The summed E-state index contributed by atoms with van der Waals surface area (Å²) in [5.41, 5.74) is 1.19. The van der Waals surface area contributed by atoms with Crippen LogP contribution in [0.5, 0.6) is 5.75 Å². The fourth-order valence-electron chi connectivity index (χ4n) is 2.82. The normalized spacial score (nSPS) is 16.0. The van der Waals surface area contributed by atoms with Crippen molar-refractivity contribution in [1.29, 1.82) is 0 Å². The van der Waals surface area contributed by atoms with E-state index >= 15 is 0 Å². The summed E-state index contributed by atoms with van der Waals surface area (Å²) in [7, 11) is 1.66. The highest BCUT2D eigenvalue weighted by molar-refractivity contribution is 5.76. The van der Waals surface area contributed by atoms with Gasteiger partial charge in [-0.2, -0.15) is 0 Å². The summed E-state index contributed by atoms with van der Waals surface area (Å²) in [6.45, 7) is 4.92. The van der Waals surface area contributed by atoms with E-state index in [-0.39, 0.29) is 5.91 Å². The number of ether oxygens (including phenoxy) is 1. The van der Waals surface area contributed by atoms with Crippen LogP contribution in [0.4, 0.5) is 0 Å². The third-order valence-electron chi connectivity index (χ3n) is 4.13. The number of nitrogens with zero attached hydrogens (tertiary/aromatic N) is 1. The lowest BCUT2D eigenvalue weighted by Gasteiger charge is -2.32. The van der Waals surface area contributed by atoms with Crippen LogP contribution >= 0.6 is 0 Å². The molecule has 1 fully saturated rings. The molecule has 1 aromatic carbocycles. The molecule has 1 aromatic rings. The highest BCUT2D eigenvalue weighted by Crippen LogP contribution is 2.15. The SMILES string of the molecule is CCNC1CCN(C(=O)CCc2ccc(OC)cc2)CC1. The molecule has 0 aliphatic carbocycles. The highest BCUT2D eigenvalue weighted by atomic mass is 16.5. The molecule has 0 radical (unpaired) electrons. The Morgan fingerprint density at radius 1 is 1.29 bits per heavy atom. The number of aryl methyl sites for hydroxylation is 1. The first-order chi connectivity index (χ1) is 10.2. The van der Waals surface area contributed by atoms with Crippen molar-refractivity contribution < 1.29 is 9.53 Å². The first-order valence-corrected chi connectivity index (χ1v) is 7.87. The summed E-state index contributed by atoms with van der Waals surface area (Å²) < 4.78 is 5.14. The Balaban J connectivity index is 1.74. The van der Waals surface area contributed by atoms with E-state index in [0.29, 0.717) is 12.5 Å². The van der Waals surface area contributed by atoms with Crippen LogP contribution in [0.2, 0.25) is 0 Å². The molecular weight excluding hydrogens is 264 g/mol. The summed E-state index contributed by atoms with van der Waals surface area (Å²) in [4.78, 5) is 14.3. The van der Waals surface area contributed by atoms with Gasteiger partial charge in [-0.15, -0.1) is 0 Å². The molecule has 2 rings (SSSR count). The Bertz CT molecular complexity index is 437. The number of benzene rings is 1. The summed E-state index contributed by atoms with van der Waals surface area (Å²) >= 11 is 0. The number of hydrogen-bond donors (Lipinski definition) is 1. The molecule has 1 heterocycles. The van der Waals surface area contributed by atoms with Crippen LogP contribution in [0.15, 0.2) is 24.3 Å². The molecule has 0 unspecified atom stereocenters. The van der Waals surface area contributed by atoms with Crippen molar-refractivity contribution in [1.82, 2.24) is 10.2 Å². The maximum absolute atomic E-state index is 12.2. The van der Waals surface area contributed by atoms with E-state index in [2.05, 4.69) is 12.2 Å². The molecule has 4 nitrogen and oxygen atoms in total. The number of nitrogens with one attached hydrogen (secondary N) is 1. The van der Waals surface area contributed by atoms with E-state index in [1.807, 2.05) is 29.2 Å². The van der Waals surface area contributed by atoms with Gasteiger partial charge in [0.05, 0.1) is 7.11 Å². The minimum absolute atomic E-state index is 0.278. The van der Waals surface area contributed by atoms with Crippen LogP contribution in [-0.2, 0) is 11.2 Å². The Labute approximate surface area is 127 Å². The second-order valence-electron chi connectivity index (χ2n) is 5.56. The van der Waals surface area contributed by atoms with Gasteiger partial charge in [-0.05, 0) is 43.5 Å². The van der Waals surface area contributed by atoms with E-state index in [1.54, 1.807) is 7.11 Å². The van der Waals surface area contributed by atoms with Crippen LogP contribution in [0.25, 0.3) is 0 Å². The molecule has 1 amide bonds. The van der Waals surface area contributed by atoms with Crippen LogP contribution in [-0.4, -0.2) is 43.6 Å². The number of amides is 1. The first kappa shape index (κ1) is 15.8. The van der Waals surface area contributed by atoms with Crippen molar-refractivity contribution in [3.63, 3.8) is 0 Å². The molecule has 0 atom stereocenters. The number of methoxy groups -OCH3 is 1. The average molecular weight is 290 g/mol. The lowest BCUT2D eigenvalue weighted by atomic mass is 10.0. The fourth-order valence-corrected chi connectivity index (χ4v) is 2.82. The standard InChI is InChI=1S/C17H26N2O2/c1-3-18-15-10-12-19(13-11-15)17(20)9-6-14-4-7-16(21-2)8-5-14/h4-5,7-8,15,18H,3,6,9-13H2,1-2H3. The van der Waals surface area contributed by atoms with E-state index < -0.39 is 0 Å². The Hall–Kier alpha value is -1.55. The smallest absolute Gasteiger partial charge is 0.222 e. The number of likely N-dealkylation sites (tertiary alicyclic amines) is 1. The number of carbonyl (C=O) groups is 1. The molecule has 0 saturated carbocycles. The quantitative estimate of drug-likeness (QED) is 0.873. The monoisotopic (exact) mass is 290 g/mol. The van der Waals surface area contributed by atoms with Gasteiger partial charge >= 0.3 is 0 Å². The van der Waals surface area contributed by atoms with E-state index in [0.717, 1.165) is 44.6 Å². The molecule has 21 heavy (non-hydrogen) atoms. The molecule has 0 bridgehead atoms. The highest BCUT2D eigenvalue weighted by Gasteiger charge is 2.21. The van der Waals surface area contributed by atoms with Gasteiger partial charge in [-0.3, -0.25) is 4.79 Å². The fraction of sp³-hybridized carbons (Fsp3) is 0.588. The van der Waals surface area contributed by atoms with Gasteiger partial charge in [0.15, 0.2) is 0 Å². The van der Waals surface area contributed by atoms with Gasteiger partial charge in [0, 0.05) is 25.6 Å². The van der Waals surface area contributed by atoms with Gasteiger partial charge in [-0.25, -0.2) is 0 Å². The maximum Gasteiger partial charge on any atom is 0.222 e. The first-order valence-electron chi connectivity index (χ1n) is 7.87. The number of carbonyl (C=O) groups excluding carboxylic acids is 1. The van der Waals surface area contributed by atoms with Crippen molar-refractivity contribution in [3.05, 3.63) is 29.8 Å². The number of rotatable bonds is 6. The molecule has 1 saturated heterocycles. The maximum atomic E-state index is 12.2. The molecular formula is C17H26N2O2. The zero-order valence-corrected chi connectivity index (χ0v) is 13.1. The summed E-state index contributed by atoms with van der Waals surface area (Å²) in [6.07, 6.45) is 3.54. The summed E-state index contributed by atoms with van der Waals surface area (Å²) in [5, 5.41) is 3.46. The van der Waals surface area contributed by atoms with Crippen molar-refractivity contribution in [2.45, 2.75) is 38.6 Å². The predicted molar refractivity (Wildman–Crippen MR) is 84.6 cm³/mol. The Kier molecular flexibility index (Phi) is 6.05. The summed E-state index contributed by atoms with van der Waals surface area (Å²) in [6, 6.07) is 8.54. The van der Waals surface area contributed by atoms with Gasteiger partial charge in [-0.1, -0.05) is 19.1 Å². The van der Waals surface area contributed by atoms with Crippen molar-refractivity contribution in [2.24, 2.45) is 0 Å².